The van der Waals surface area contributed by atoms with Crippen LogP contribution in [0, 0.1) is 11.8 Å². The van der Waals surface area contributed by atoms with Crippen molar-refractivity contribution >= 4 is 45.8 Å². The van der Waals surface area contributed by atoms with E-state index in [1.165, 1.54) is 6.20 Å². The van der Waals surface area contributed by atoms with E-state index < -0.39 is 23.3 Å². The van der Waals surface area contributed by atoms with E-state index in [1.54, 1.807) is 36.5 Å². The van der Waals surface area contributed by atoms with Crippen LogP contribution in [-0.2, 0) is 11.8 Å². The van der Waals surface area contributed by atoms with Crippen molar-refractivity contribution < 1.29 is 18.4 Å². The van der Waals surface area contributed by atoms with Crippen molar-refractivity contribution in [3.63, 3.8) is 0 Å². The maximum Gasteiger partial charge on any atom is 0.283 e. The van der Waals surface area contributed by atoms with E-state index >= 15 is 0 Å². The second-order valence-electron chi connectivity index (χ2n) is 10.9. The Bertz CT molecular complexity index is 1870. The molecular weight excluding hydrogens is 588 g/mol. The third-order valence-electron chi connectivity index (χ3n) is 7.22. The predicted octanol–water partition coefficient (Wildman–Crippen LogP) is 5.10. The Hall–Kier alpha value is -4.79. The number of nitrogens with one attached hydrogen (secondary N) is 2. The minimum absolute atomic E-state index is 0.0302. The Morgan fingerprint density at radius 1 is 1.18 bits per heavy atom. The van der Waals surface area contributed by atoms with Gasteiger partial charge in [-0.1, -0.05) is 42.2 Å². The normalized spacial score (nSPS) is 13.3. The number of hydrogen-bond donors (Lipinski definition) is 3. The third kappa shape index (κ3) is 6.27. The fourth-order valence-corrected chi connectivity index (χ4v) is 5.05. The number of alkyl halides is 1. The van der Waals surface area contributed by atoms with Gasteiger partial charge in [-0.2, -0.15) is 0 Å². The first kappa shape index (κ1) is 30.7. The summed E-state index contributed by atoms with van der Waals surface area (Å²) in [6.45, 7) is 3.45. The average Bonchev–Trinajstić information content (AvgIpc) is 3.64. The molecule has 9 nitrogen and oxygen atoms in total. The zero-order valence-corrected chi connectivity index (χ0v) is 25.1. The van der Waals surface area contributed by atoms with Crippen LogP contribution in [0.25, 0.3) is 33.3 Å². The highest BCUT2D eigenvalue weighted by Crippen LogP contribution is 2.44. The molecule has 0 bridgehead atoms. The Morgan fingerprint density at radius 3 is 2.50 bits per heavy atom. The van der Waals surface area contributed by atoms with Crippen LogP contribution in [-0.4, -0.2) is 64.1 Å². The number of benzene rings is 1. The molecule has 0 radical (unpaired) electrons. The Morgan fingerprint density at radius 2 is 1.89 bits per heavy atom. The third-order valence-corrected chi connectivity index (χ3v) is 7.51. The van der Waals surface area contributed by atoms with E-state index in [4.69, 9.17) is 17.3 Å². The molecule has 12 heteroatoms. The first-order chi connectivity index (χ1) is 20.9. The van der Waals surface area contributed by atoms with Gasteiger partial charge in [0.2, 0.25) is 0 Å². The minimum atomic E-state index is -1.37. The fraction of sp³-hybridized carbons (Fsp3) is 0.250. The monoisotopic (exact) mass is 617 g/mol. The lowest BCUT2D eigenvalue weighted by atomic mass is 9.98. The lowest BCUT2D eigenvalue weighted by molar-refractivity contribution is -0.114. The number of aryl methyl sites for hydroxylation is 1. The van der Waals surface area contributed by atoms with Crippen molar-refractivity contribution in [3.8, 4) is 34.2 Å². The molecule has 4 N–H and O–H groups in total. The Kier molecular flexibility index (Phi) is 8.41. The van der Waals surface area contributed by atoms with E-state index in [0.717, 1.165) is 11.1 Å². The number of rotatable bonds is 8. The van der Waals surface area contributed by atoms with Gasteiger partial charge >= 0.3 is 0 Å². The second-order valence-corrected chi connectivity index (χ2v) is 11.3. The van der Waals surface area contributed by atoms with Crippen LogP contribution in [0.15, 0.2) is 55.1 Å². The molecule has 0 unspecified atom stereocenters. The summed E-state index contributed by atoms with van der Waals surface area (Å²) in [5, 5.41) is 5.69. The number of carbonyl (C=O) groups excluding carboxylic acids is 2. The van der Waals surface area contributed by atoms with Crippen LogP contribution in [0.3, 0.4) is 0 Å². The zero-order valence-electron chi connectivity index (χ0n) is 24.4. The summed E-state index contributed by atoms with van der Waals surface area (Å²) in [6, 6.07) is 8.39. The van der Waals surface area contributed by atoms with Crippen LogP contribution < -0.4 is 16.4 Å². The summed E-state index contributed by atoms with van der Waals surface area (Å²) in [5.41, 5.74) is 9.43. The number of pyridine rings is 2. The molecule has 1 saturated carbocycles. The molecule has 0 spiro atoms. The van der Waals surface area contributed by atoms with Gasteiger partial charge in [0.15, 0.2) is 5.83 Å². The number of fused-ring (bicyclic) bond motifs is 1. The zero-order chi connectivity index (χ0) is 31.8. The fourth-order valence-electron chi connectivity index (χ4n) is 4.80. The molecule has 1 aromatic carbocycles. The van der Waals surface area contributed by atoms with Crippen molar-refractivity contribution in [2.24, 2.45) is 7.05 Å². The largest absolute Gasteiger partial charge is 0.383 e. The van der Waals surface area contributed by atoms with Gasteiger partial charge in [-0.3, -0.25) is 14.5 Å². The SMILES string of the molecule is C=C(F)C(=O)Nc1ccc(-c2c(-c3cnc(C(=O)NCC4(F)CC4)c(Cl)c3)c3c(N)ncc(C#CCN(C)C)c3n2C)cc1. The molecule has 44 heavy (non-hydrogen) atoms. The second kappa shape index (κ2) is 12.1. The van der Waals surface area contributed by atoms with Crippen molar-refractivity contribution in [2.45, 2.75) is 18.5 Å². The van der Waals surface area contributed by atoms with Crippen LogP contribution in [0.1, 0.15) is 28.9 Å². The van der Waals surface area contributed by atoms with E-state index in [-0.39, 0.29) is 23.1 Å². The van der Waals surface area contributed by atoms with Crippen molar-refractivity contribution in [1.29, 1.82) is 0 Å². The number of hydrogen-bond acceptors (Lipinski definition) is 6. The molecule has 1 fully saturated rings. The van der Waals surface area contributed by atoms with Gasteiger partial charge in [0.05, 0.1) is 40.3 Å². The summed E-state index contributed by atoms with van der Waals surface area (Å²) >= 11 is 6.58. The van der Waals surface area contributed by atoms with Crippen molar-refractivity contribution in [1.82, 2.24) is 24.8 Å². The number of carbonyl (C=O) groups is 2. The van der Waals surface area contributed by atoms with Gasteiger partial charge in [0.25, 0.3) is 11.8 Å². The molecule has 0 aliphatic heterocycles. The van der Waals surface area contributed by atoms with Crippen LogP contribution in [0.4, 0.5) is 20.3 Å². The van der Waals surface area contributed by atoms with Gasteiger partial charge < -0.3 is 20.9 Å². The van der Waals surface area contributed by atoms with Crippen molar-refractivity contribution in [2.75, 3.05) is 38.2 Å². The van der Waals surface area contributed by atoms with E-state index in [2.05, 4.69) is 39.0 Å². The number of anilines is 2. The molecule has 3 heterocycles. The Labute approximate surface area is 258 Å². The molecule has 226 valence electrons. The van der Waals surface area contributed by atoms with Crippen molar-refractivity contribution in [3.05, 3.63) is 71.4 Å². The van der Waals surface area contributed by atoms with E-state index in [9.17, 15) is 18.4 Å². The molecular formula is C32H30ClF2N7O2. The number of nitrogens with zero attached hydrogens (tertiary/aromatic N) is 4. The van der Waals surface area contributed by atoms with Gasteiger partial charge in [0.1, 0.15) is 17.2 Å². The summed E-state index contributed by atoms with van der Waals surface area (Å²) in [7, 11) is 5.70. The maximum absolute atomic E-state index is 14.1. The van der Waals surface area contributed by atoms with E-state index in [0.29, 0.717) is 52.8 Å². The van der Waals surface area contributed by atoms with Gasteiger partial charge in [-0.15, -0.1) is 0 Å². The maximum atomic E-state index is 14.1. The standard InChI is InChI=1S/C32H30ClF2N7O2/c1-18(34)30(43)40-22-9-7-19(8-10-22)27-24(21-14-23(33)26(37-16-21)31(44)39-17-32(35)11-12-32)25-28(42(27)4)20(15-38-29(25)36)6-5-13-41(2)3/h7-10,14-16H,1,11-13,17H2,2-4H3,(H2,36,38)(H,39,44)(H,40,43). The average molecular weight is 618 g/mol. The number of aromatic nitrogens is 3. The van der Waals surface area contributed by atoms with Gasteiger partial charge in [-0.05, 0) is 50.7 Å². The first-order valence-electron chi connectivity index (χ1n) is 13.7. The highest BCUT2D eigenvalue weighted by molar-refractivity contribution is 6.34. The quantitative estimate of drug-likeness (QED) is 0.187. The summed E-state index contributed by atoms with van der Waals surface area (Å²) in [6.07, 6.45) is 3.94. The molecule has 0 atom stereocenters. The number of amides is 2. The smallest absolute Gasteiger partial charge is 0.283 e. The van der Waals surface area contributed by atoms with Gasteiger partial charge in [-0.25, -0.2) is 18.7 Å². The number of nitrogens with two attached hydrogens (primary N) is 1. The molecule has 2 amide bonds. The Balaban J connectivity index is 1.66. The molecule has 3 aromatic heterocycles. The van der Waals surface area contributed by atoms with Gasteiger partial charge in [0, 0.05) is 36.3 Å². The summed E-state index contributed by atoms with van der Waals surface area (Å²) < 4.78 is 29.3. The minimum Gasteiger partial charge on any atom is -0.383 e. The predicted molar refractivity (Wildman–Crippen MR) is 169 cm³/mol. The van der Waals surface area contributed by atoms with Crippen LogP contribution in [0.5, 0.6) is 0 Å². The number of halogens is 3. The topological polar surface area (TPSA) is 118 Å². The molecule has 0 saturated heterocycles. The first-order valence-corrected chi connectivity index (χ1v) is 14.1. The summed E-state index contributed by atoms with van der Waals surface area (Å²) in [5.74, 6) is 3.96. The number of nitrogen functional groups attached to an aromatic ring is 1. The molecule has 1 aliphatic rings. The molecule has 1 aliphatic carbocycles. The lowest BCUT2D eigenvalue weighted by Gasteiger charge is -2.12. The lowest BCUT2D eigenvalue weighted by Crippen LogP contribution is -2.31. The van der Waals surface area contributed by atoms with Crippen LogP contribution >= 0.6 is 11.6 Å². The highest BCUT2D eigenvalue weighted by atomic mass is 35.5. The van der Waals surface area contributed by atoms with Crippen LogP contribution in [0.2, 0.25) is 5.02 Å². The summed E-state index contributed by atoms with van der Waals surface area (Å²) in [4.78, 5) is 35.3. The molecule has 4 aromatic rings. The highest BCUT2D eigenvalue weighted by Gasteiger charge is 2.43. The molecule has 5 rings (SSSR count). The van der Waals surface area contributed by atoms with E-state index in [1.807, 2.05) is 30.6 Å².